The maximum atomic E-state index is 5.73. The largest absolute Gasteiger partial charge is 0.486 e. The molecule has 3 heterocycles. The molecular weight excluding hydrogens is 266 g/mol. The third-order valence-electron chi connectivity index (χ3n) is 4.83. The van der Waals surface area contributed by atoms with E-state index in [2.05, 4.69) is 23.1 Å². The van der Waals surface area contributed by atoms with Crippen LogP contribution in [-0.2, 0) is 4.74 Å². The van der Waals surface area contributed by atoms with Crippen LogP contribution in [0.25, 0.3) is 0 Å². The number of nitrogens with zero attached hydrogens (tertiary/aromatic N) is 1. The summed E-state index contributed by atoms with van der Waals surface area (Å²) in [6, 6.07) is 6.99. The molecule has 0 bridgehead atoms. The molecule has 3 aliphatic rings. The number of rotatable bonds is 3. The molecular formula is C17H23NO3. The van der Waals surface area contributed by atoms with Gasteiger partial charge in [0.25, 0.3) is 0 Å². The van der Waals surface area contributed by atoms with E-state index in [-0.39, 0.29) is 0 Å². The van der Waals surface area contributed by atoms with E-state index in [1.165, 1.54) is 37.9 Å². The summed E-state index contributed by atoms with van der Waals surface area (Å²) in [6.45, 7) is 5.56. The minimum absolute atomic E-state index is 0.529. The molecule has 3 aliphatic heterocycles. The molecule has 4 heteroatoms. The first-order valence-electron chi connectivity index (χ1n) is 8.11. The zero-order valence-corrected chi connectivity index (χ0v) is 12.4. The summed E-state index contributed by atoms with van der Waals surface area (Å²) >= 11 is 0. The zero-order valence-electron chi connectivity index (χ0n) is 12.4. The maximum absolute atomic E-state index is 5.73. The van der Waals surface area contributed by atoms with Crippen molar-refractivity contribution in [3.63, 3.8) is 0 Å². The maximum Gasteiger partial charge on any atom is 0.161 e. The molecule has 1 aromatic carbocycles. The molecule has 2 unspecified atom stereocenters. The molecule has 0 spiro atoms. The number of hydrogen-bond donors (Lipinski definition) is 0. The Morgan fingerprint density at radius 1 is 1.05 bits per heavy atom. The van der Waals surface area contributed by atoms with E-state index < -0.39 is 0 Å². The van der Waals surface area contributed by atoms with Crippen molar-refractivity contribution >= 4 is 0 Å². The molecule has 1 aromatic rings. The van der Waals surface area contributed by atoms with Gasteiger partial charge in [-0.05, 0) is 49.4 Å². The van der Waals surface area contributed by atoms with Crippen molar-refractivity contribution in [1.29, 1.82) is 0 Å². The highest BCUT2D eigenvalue weighted by Gasteiger charge is 2.30. The van der Waals surface area contributed by atoms with E-state index in [9.17, 15) is 0 Å². The van der Waals surface area contributed by atoms with E-state index in [1.54, 1.807) is 0 Å². The molecule has 0 N–H and O–H groups in total. The quantitative estimate of drug-likeness (QED) is 0.856. The Balaban J connectivity index is 1.51. The number of likely N-dealkylation sites (tertiary alicyclic amines) is 1. The average Bonchev–Trinajstić information content (AvgIpc) is 3.19. The smallest absolute Gasteiger partial charge is 0.161 e. The standard InChI is InChI=1S/C17H23NO3/c1-2-15(18(6-1)11-13-5-7-19-12-13)14-3-4-16-17(10-14)21-9-8-20-16/h3-4,10,13,15H,1-2,5-9,11-12H2. The second kappa shape index (κ2) is 5.85. The summed E-state index contributed by atoms with van der Waals surface area (Å²) in [4.78, 5) is 2.63. The lowest BCUT2D eigenvalue weighted by Crippen LogP contribution is -2.29. The molecule has 2 atom stereocenters. The lowest BCUT2D eigenvalue weighted by Gasteiger charge is -2.28. The van der Waals surface area contributed by atoms with Crippen LogP contribution in [0.4, 0.5) is 0 Å². The first kappa shape index (κ1) is 13.4. The topological polar surface area (TPSA) is 30.9 Å². The molecule has 114 valence electrons. The van der Waals surface area contributed by atoms with Crippen molar-refractivity contribution in [3.8, 4) is 11.5 Å². The van der Waals surface area contributed by atoms with Gasteiger partial charge in [0.1, 0.15) is 13.2 Å². The van der Waals surface area contributed by atoms with E-state index in [0.717, 1.165) is 24.7 Å². The van der Waals surface area contributed by atoms with Crippen LogP contribution in [0.1, 0.15) is 30.9 Å². The molecule has 0 aliphatic carbocycles. The van der Waals surface area contributed by atoms with E-state index in [0.29, 0.717) is 25.2 Å². The van der Waals surface area contributed by atoms with Gasteiger partial charge < -0.3 is 14.2 Å². The Hall–Kier alpha value is -1.26. The van der Waals surface area contributed by atoms with Crippen molar-refractivity contribution in [2.45, 2.75) is 25.3 Å². The monoisotopic (exact) mass is 289 g/mol. The molecule has 0 saturated carbocycles. The molecule has 4 nitrogen and oxygen atoms in total. The van der Waals surface area contributed by atoms with Gasteiger partial charge in [-0.15, -0.1) is 0 Å². The lowest BCUT2D eigenvalue weighted by molar-refractivity contribution is 0.161. The van der Waals surface area contributed by atoms with E-state index in [1.807, 2.05) is 0 Å². The predicted molar refractivity (Wildman–Crippen MR) is 79.9 cm³/mol. The van der Waals surface area contributed by atoms with Gasteiger partial charge in [-0.25, -0.2) is 0 Å². The van der Waals surface area contributed by atoms with Crippen molar-refractivity contribution in [2.75, 3.05) is 39.5 Å². The van der Waals surface area contributed by atoms with Crippen molar-refractivity contribution < 1.29 is 14.2 Å². The fourth-order valence-corrected chi connectivity index (χ4v) is 3.75. The number of fused-ring (bicyclic) bond motifs is 1. The normalized spacial score (nSPS) is 29.0. The van der Waals surface area contributed by atoms with Crippen LogP contribution in [0, 0.1) is 5.92 Å². The van der Waals surface area contributed by atoms with Crippen molar-refractivity contribution in [2.24, 2.45) is 5.92 Å². The highest BCUT2D eigenvalue weighted by molar-refractivity contribution is 5.44. The average molecular weight is 289 g/mol. The van der Waals surface area contributed by atoms with Crippen LogP contribution in [0.15, 0.2) is 18.2 Å². The minimum Gasteiger partial charge on any atom is -0.486 e. The number of benzene rings is 1. The fraction of sp³-hybridized carbons (Fsp3) is 0.647. The SMILES string of the molecule is c1cc2c(cc1C1CCCN1CC1CCOC1)OCCO2. The summed E-state index contributed by atoms with van der Waals surface area (Å²) in [5, 5.41) is 0. The van der Waals surface area contributed by atoms with Crippen LogP contribution >= 0.6 is 0 Å². The lowest BCUT2D eigenvalue weighted by atomic mass is 10.0. The second-order valence-electron chi connectivity index (χ2n) is 6.29. The van der Waals surface area contributed by atoms with Gasteiger partial charge in [-0.2, -0.15) is 0 Å². The van der Waals surface area contributed by atoms with Crippen LogP contribution in [0.2, 0.25) is 0 Å². The minimum atomic E-state index is 0.529. The van der Waals surface area contributed by atoms with E-state index in [4.69, 9.17) is 14.2 Å². The van der Waals surface area contributed by atoms with Gasteiger partial charge in [-0.1, -0.05) is 6.07 Å². The molecule has 4 rings (SSSR count). The summed E-state index contributed by atoms with van der Waals surface area (Å²) in [7, 11) is 0. The van der Waals surface area contributed by atoms with Crippen LogP contribution in [0.3, 0.4) is 0 Å². The van der Waals surface area contributed by atoms with Crippen LogP contribution in [0.5, 0.6) is 11.5 Å². The van der Waals surface area contributed by atoms with Gasteiger partial charge in [0.05, 0.1) is 6.61 Å². The number of hydrogen-bond acceptors (Lipinski definition) is 4. The Morgan fingerprint density at radius 3 is 2.81 bits per heavy atom. The summed E-state index contributed by atoms with van der Waals surface area (Å²) in [5.41, 5.74) is 1.37. The first-order valence-corrected chi connectivity index (χ1v) is 8.11. The Bertz CT molecular complexity index is 499. The van der Waals surface area contributed by atoms with E-state index >= 15 is 0 Å². The zero-order chi connectivity index (χ0) is 14.1. The Morgan fingerprint density at radius 2 is 1.95 bits per heavy atom. The highest BCUT2D eigenvalue weighted by atomic mass is 16.6. The molecule has 2 saturated heterocycles. The van der Waals surface area contributed by atoms with Gasteiger partial charge >= 0.3 is 0 Å². The van der Waals surface area contributed by atoms with Gasteiger partial charge in [0.2, 0.25) is 0 Å². The molecule has 2 fully saturated rings. The highest BCUT2D eigenvalue weighted by Crippen LogP contribution is 2.38. The van der Waals surface area contributed by atoms with Crippen LogP contribution < -0.4 is 9.47 Å². The molecule has 0 aromatic heterocycles. The van der Waals surface area contributed by atoms with Crippen LogP contribution in [-0.4, -0.2) is 44.4 Å². The van der Waals surface area contributed by atoms with Gasteiger partial charge in [-0.3, -0.25) is 4.90 Å². The second-order valence-corrected chi connectivity index (χ2v) is 6.29. The fourth-order valence-electron chi connectivity index (χ4n) is 3.75. The molecule has 21 heavy (non-hydrogen) atoms. The Kier molecular flexibility index (Phi) is 3.74. The van der Waals surface area contributed by atoms with Crippen molar-refractivity contribution in [1.82, 2.24) is 4.90 Å². The van der Waals surface area contributed by atoms with Crippen molar-refractivity contribution in [3.05, 3.63) is 23.8 Å². The third kappa shape index (κ3) is 2.74. The van der Waals surface area contributed by atoms with Gasteiger partial charge in [0, 0.05) is 19.2 Å². The number of ether oxygens (including phenoxy) is 3. The summed E-state index contributed by atoms with van der Waals surface area (Å²) < 4.78 is 16.9. The Labute approximate surface area is 126 Å². The molecule has 0 radical (unpaired) electrons. The predicted octanol–water partition coefficient (Wildman–Crippen LogP) is 2.63. The third-order valence-corrected chi connectivity index (χ3v) is 4.83. The first-order chi connectivity index (χ1) is 10.4. The summed E-state index contributed by atoms with van der Waals surface area (Å²) in [5.74, 6) is 2.51. The summed E-state index contributed by atoms with van der Waals surface area (Å²) in [6.07, 6.45) is 3.74. The molecule has 0 amide bonds. The van der Waals surface area contributed by atoms with Gasteiger partial charge in [0.15, 0.2) is 11.5 Å².